The number of amides is 1. The van der Waals surface area contributed by atoms with Crippen LogP contribution in [0.3, 0.4) is 0 Å². The summed E-state index contributed by atoms with van der Waals surface area (Å²) in [7, 11) is 3.23. The lowest BCUT2D eigenvalue weighted by Gasteiger charge is -2.36. The molecule has 0 saturated carbocycles. The molecule has 0 atom stereocenters. The Morgan fingerprint density at radius 2 is 1.62 bits per heavy atom. The van der Waals surface area contributed by atoms with Gasteiger partial charge in [0.25, 0.3) is 0 Å². The minimum Gasteiger partial charge on any atom is -0.493 e. The second-order valence-electron chi connectivity index (χ2n) is 8.43. The van der Waals surface area contributed by atoms with Crippen LogP contribution in [0.5, 0.6) is 11.5 Å². The van der Waals surface area contributed by atoms with Gasteiger partial charge in [-0.05, 0) is 54.1 Å². The topological polar surface area (TPSA) is 55.2 Å². The Morgan fingerprint density at radius 1 is 0.853 bits per heavy atom. The highest BCUT2D eigenvalue weighted by Gasteiger charge is 2.21. The predicted octanol–water partition coefficient (Wildman–Crippen LogP) is 5.01. The summed E-state index contributed by atoms with van der Waals surface area (Å²) in [6, 6.07) is 24.0. The molecule has 0 aliphatic carbocycles. The van der Waals surface area contributed by atoms with E-state index in [-0.39, 0.29) is 5.91 Å². The van der Waals surface area contributed by atoms with Gasteiger partial charge in [-0.25, -0.2) is 0 Å². The van der Waals surface area contributed by atoms with E-state index >= 15 is 0 Å². The first-order valence-electron chi connectivity index (χ1n) is 11.5. The molecule has 0 N–H and O–H groups in total. The zero-order valence-corrected chi connectivity index (χ0v) is 19.5. The van der Waals surface area contributed by atoms with Crippen molar-refractivity contribution in [3.8, 4) is 22.8 Å². The Hall–Kier alpha value is -3.93. The molecule has 34 heavy (non-hydrogen) atoms. The van der Waals surface area contributed by atoms with E-state index in [1.54, 1.807) is 14.2 Å². The van der Waals surface area contributed by atoms with E-state index in [1.165, 1.54) is 5.69 Å². The molecule has 174 valence electrons. The number of methoxy groups -OCH3 is 2. The molecule has 6 nitrogen and oxygen atoms in total. The fraction of sp³-hybridized carbons (Fsp3) is 0.250. The zero-order chi connectivity index (χ0) is 23.5. The maximum absolute atomic E-state index is 13.0. The molecule has 1 aromatic heterocycles. The van der Waals surface area contributed by atoms with Crippen molar-refractivity contribution in [3.63, 3.8) is 0 Å². The first-order chi connectivity index (χ1) is 16.6. The van der Waals surface area contributed by atoms with Crippen LogP contribution in [0.1, 0.15) is 5.56 Å². The van der Waals surface area contributed by atoms with Crippen molar-refractivity contribution in [1.29, 1.82) is 0 Å². The number of fused-ring (bicyclic) bond motifs is 1. The summed E-state index contributed by atoms with van der Waals surface area (Å²) >= 11 is 0. The third-order valence-corrected chi connectivity index (χ3v) is 6.36. The zero-order valence-electron chi connectivity index (χ0n) is 19.5. The second-order valence-corrected chi connectivity index (χ2v) is 8.43. The van der Waals surface area contributed by atoms with Crippen molar-refractivity contribution in [3.05, 3.63) is 78.4 Å². The van der Waals surface area contributed by atoms with Crippen LogP contribution in [0.15, 0.2) is 77.2 Å². The van der Waals surface area contributed by atoms with Crippen LogP contribution >= 0.6 is 0 Å². The quantitative estimate of drug-likeness (QED) is 0.408. The summed E-state index contributed by atoms with van der Waals surface area (Å²) < 4.78 is 16.8. The lowest BCUT2D eigenvalue weighted by molar-refractivity contribution is -0.130. The van der Waals surface area contributed by atoms with Gasteiger partial charge in [0.2, 0.25) is 5.91 Å². The Kier molecular flexibility index (Phi) is 6.12. The normalized spacial score (nSPS) is 13.8. The molecule has 5 rings (SSSR count). The molecule has 0 unspecified atom stereocenters. The first-order valence-corrected chi connectivity index (χ1v) is 11.5. The maximum Gasteiger partial charge on any atom is 0.227 e. The van der Waals surface area contributed by atoms with Gasteiger partial charge in [-0.3, -0.25) is 4.79 Å². The van der Waals surface area contributed by atoms with Gasteiger partial charge in [0.1, 0.15) is 11.3 Å². The number of carbonyl (C=O) groups excluding carboxylic acids is 1. The van der Waals surface area contributed by atoms with Crippen LogP contribution in [0.4, 0.5) is 5.69 Å². The number of piperazine rings is 1. The predicted molar refractivity (Wildman–Crippen MR) is 134 cm³/mol. The fourth-order valence-corrected chi connectivity index (χ4v) is 4.47. The van der Waals surface area contributed by atoms with Crippen LogP contribution in [-0.2, 0) is 11.2 Å². The number of para-hydroxylation sites is 1. The molecule has 1 amide bonds. The van der Waals surface area contributed by atoms with Gasteiger partial charge >= 0.3 is 0 Å². The smallest absolute Gasteiger partial charge is 0.227 e. The SMILES string of the molecule is COc1ccc(-c2cc3cc(CC(=O)N4CCN(c5ccccc5)CC4)ccc3o2)cc1OC. The molecule has 0 radical (unpaired) electrons. The number of hydrogen-bond donors (Lipinski definition) is 0. The molecule has 3 aromatic carbocycles. The largest absolute Gasteiger partial charge is 0.493 e. The third-order valence-electron chi connectivity index (χ3n) is 6.36. The number of ether oxygens (including phenoxy) is 2. The van der Waals surface area contributed by atoms with Crippen LogP contribution in [0, 0.1) is 0 Å². The molecule has 0 bridgehead atoms. The van der Waals surface area contributed by atoms with Crippen LogP contribution in [0.2, 0.25) is 0 Å². The first kappa shape index (κ1) is 21.9. The monoisotopic (exact) mass is 456 g/mol. The molecule has 2 heterocycles. The van der Waals surface area contributed by atoms with Crippen molar-refractivity contribution in [2.45, 2.75) is 6.42 Å². The second kappa shape index (κ2) is 9.51. The minimum atomic E-state index is 0.163. The number of carbonyl (C=O) groups is 1. The summed E-state index contributed by atoms with van der Waals surface area (Å²) in [6.07, 6.45) is 0.387. The average Bonchev–Trinajstić information content (AvgIpc) is 3.32. The van der Waals surface area contributed by atoms with E-state index in [0.29, 0.717) is 17.9 Å². The highest BCUT2D eigenvalue weighted by atomic mass is 16.5. The van der Waals surface area contributed by atoms with E-state index in [9.17, 15) is 4.79 Å². The standard InChI is InChI=1S/C28H28N2O4/c1-32-25-11-9-21(18-27(25)33-2)26-19-22-16-20(8-10-24(22)34-26)17-28(31)30-14-12-29(13-15-30)23-6-4-3-5-7-23/h3-11,16,18-19H,12-15,17H2,1-2H3. The number of hydrogen-bond acceptors (Lipinski definition) is 5. The molecular formula is C28H28N2O4. The number of rotatable bonds is 6. The van der Waals surface area contributed by atoms with E-state index in [2.05, 4.69) is 29.2 Å². The fourth-order valence-electron chi connectivity index (χ4n) is 4.47. The van der Waals surface area contributed by atoms with Crippen molar-refractivity contribution in [1.82, 2.24) is 4.90 Å². The van der Waals surface area contributed by atoms with E-state index in [1.807, 2.05) is 53.4 Å². The van der Waals surface area contributed by atoms with Gasteiger partial charge in [0.15, 0.2) is 11.5 Å². The maximum atomic E-state index is 13.0. The van der Waals surface area contributed by atoms with Gasteiger partial charge in [0, 0.05) is 42.8 Å². The molecule has 1 aliphatic rings. The lowest BCUT2D eigenvalue weighted by atomic mass is 10.1. The van der Waals surface area contributed by atoms with Gasteiger partial charge in [0.05, 0.1) is 20.6 Å². The Morgan fingerprint density at radius 3 is 2.35 bits per heavy atom. The molecular weight excluding hydrogens is 428 g/mol. The Bertz CT molecular complexity index is 1290. The number of nitrogens with zero attached hydrogens (tertiary/aromatic N) is 2. The van der Waals surface area contributed by atoms with Crippen molar-refractivity contribution in [2.75, 3.05) is 45.3 Å². The van der Waals surface area contributed by atoms with Gasteiger partial charge in [-0.15, -0.1) is 0 Å². The highest BCUT2D eigenvalue weighted by molar-refractivity contribution is 5.86. The average molecular weight is 457 g/mol. The van der Waals surface area contributed by atoms with Crippen molar-refractivity contribution < 1.29 is 18.7 Å². The van der Waals surface area contributed by atoms with Crippen molar-refractivity contribution >= 4 is 22.6 Å². The Labute approximate surface area is 199 Å². The molecule has 1 fully saturated rings. The van der Waals surface area contributed by atoms with Crippen LogP contribution in [-0.4, -0.2) is 51.2 Å². The van der Waals surface area contributed by atoms with Crippen molar-refractivity contribution in [2.24, 2.45) is 0 Å². The molecule has 1 saturated heterocycles. The van der Waals surface area contributed by atoms with Gasteiger partial charge in [-0.1, -0.05) is 24.3 Å². The molecule has 1 aliphatic heterocycles. The minimum absolute atomic E-state index is 0.163. The lowest BCUT2D eigenvalue weighted by Crippen LogP contribution is -2.49. The summed E-state index contributed by atoms with van der Waals surface area (Å²) in [4.78, 5) is 17.3. The van der Waals surface area contributed by atoms with Crippen LogP contribution in [0.25, 0.3) is 22.3 Å². The van der Waals surface area contributed by atoms with Gasteiger partial charge < -0.3 is 23.7 Å². The summed E-state index contributed by atoms with van der Waals surface area (Å²) in [5.41, 5.74) is 3.90. The van der Waals surface area contributed by atoms with E-state index in [0.717, 1.165) is 54.0 Å². The molecule has 6 heteroatoms. The summed E-state index contributed by atoms with van der Waals surface area (Å²) in [5.74, 6) is 2.24. The van der Waals surface area contributed by atoms with Gasteiger partial charge in [-0.2, -0.15) is 0 Å². The van der Waals surface area contributed by atoms with E-state index < -0.39 is 0 Å². The summed E-state index contributed by atoms with van der Waals surface area (Å²) in [5, 5.41) is 0.976. The van der Waals surface area contributed by atoms with Crippen LogP contribution < -0.4 is 14.4 Å². The molecule has 0 spiro atoms. The Balaban J connectivity index is 1.27. The number of furan rings is 1. The molecule has 4 aromatic rings. The summed E-state index contributed by atoms with van der Waals surface area (Å²) in [6.45, 7) is 3.19. The number of anilines is 1. The van der Waals surface area contributed by atoms with E-state index in [4.69, 9.17) is 13.9 Å². The third kappa shape index (κ3) is 4.44. The number of benzene rings is 3. The highest BCUT2D eigenvalue weighted by Crippen LogP contribution is 2.35.